The van der Waals surface area contributed by atoms with Crippen LogP contribution >= 0.6 is 11.6 Å². The van der Waals surface area contributed by atoms with E-state index in [1.165, 1.54) is 0 Å². The lowest BCUT2D eigenvalue weighted by Gasteiger charge is -2.10. The second kappa shape index (κ2) is 4.20. The monoisotopic (exact) mass is 251 g/mol. The molecule has 0 spiro atoms. The second-order valence-electron chi connectivity index (χ2n) is 4.24. The van der Waals surface area contributed by atoms with Crippen LogP contribution in [0.3, 0.4) is 0 Å². The highest BCUT2D eigenvalue weighted by Gasteiger charge is 2.24. The van der Waals surface area contributed by atoms with Crippen molar-refractivity contribution in [3.05, 3.63) is 29.2 Å². The van der Waals surface area contributed by atoms with Crippen LogP contribution < -0.4 is 10.1 Å². The quantitative estimate of drug-likeness (QED) is 0.888. The molecular weight excluding hydrogens is 238 g/mol. The highest BCUT2D eigenvalue weighted by molar-refractivity contribution is 6.32. The van der Waals surface area contributed by atoms with Crippen LogP contribution in [0.4, 0.5) is 0 Å². The zero-order chi connectivity index (χ0) is 11.8. The SMILES string of the molecule is COc1cccc2c(Cl)nc(C3CCNC3)n12. The predicted molar refractivity (Wildman–Crippen MR) is 67.0 cm³/mol. The van der Waals surface area contributed by atoms with Gasteiger partial charge in [0.15, 0.2) is 11.0 Å². The average Bonchev–Trinajstić information content (AvgIpc) is 2.97. The summed E-state index contributed by atoms with van der Waals surface area (Å²) in [6.45, 7) is 1.99. The van der Waals surface area contributed by atoms with Crippen LogP contribution in [0.15, 0.2) is 18.2 Å². The van der Waals surface area contributed by atoms with E-state index in [1.54, 1.807) is 7.11 Å². The molecule has 1 atom stereocenters. The van der Waals surface area contributed by atoms with Crippen LogP contribution in [0.25, 0.3) is 5.52 Å². The molecule has 0 aliphatic carbocycles. The van der Waals surface area contributed by atoms with Gasteiger partial charge in [0.25, 0.3) is 0 Å². The molecule has 1 saturated heterocycles. The highest BCUT2D eigenvalue weighted by Crippen LogP contribution is 2.30. The van der Waals surface area contributed by atoms with E-state index in [1.807, 2.05) is 22.6 Å². The fourth-order valence-corrected chi connectivity index (χ4v) is 2.64. The smallest absolute Gasteiger partial charge is 0.199 e. The highest BCUT2D eigenvalue weighted by atomic mass is 35.5. The molecule has 1 aliphatic heterocycles. The van der Waals surface area contributed by atoms with E-state index in [0.29, 0.717) is 11.1 Å². The third-order valence-electron chi connectivity index (χ3n) is 3.24. The van der Waals surface area contributed by atoms with Crippen LogP contribution in [-0.2, 0) is 0 Å². The molecule has 1 aliphatic rings. The number of hydrogen-bond donors (Lipinski definition) is 1. The van der Waals surface area contributed by atoms with Gasteiger partial charge in [0.2, 0.25) is 0 Å². The minimum atomic E-state index is 0.409. The van der Waals surface area contributed by atoms with Crippen molar-refractivity contribution in [2.75, 3.05) is 20.2 Å². The molecule has 0 aromatic carbocycles. The molecule has 1 fully saturated rings. The molecule has 0 bridgehead atoms. The molecular formula is C12H14ClN3O. The van der Waals surface area contributed by atoms with Crippen molar-refractivity contribution in [3.8, 4) is 5.88 Å². The summed E-state index contributed by atoms with van der Waals surface area (Å²) in [5, 5.41) is 3.89. The van der Waals surface area contributed by atoms with E-state index < -0.39 is 0 Å². The second-order valence-corrected chi connectivity index (χ2v) is 4.60. The van der Waals surface area contributed by atoms with Gasteiger partial charge in [0.05, 0.1) is 12.6 Å². The summed E-state index contributed by atoms with van der Waals surface area (Å²) in [4.78, 5) is 4.49. The fraction of sp³-hybridized carbons (Fsp3) is 0.417. The topological polar surface area (TPSA) is 38.6 Å². The maximum atomic E-state index is 6.18. The third kappa shape index (κ3) is 1.68. The van der Waals surface area contributed by atoms with Crippen molar-refractivity contribution >= 4 is 17.1 Å². The van der Waals surface area contributed by atoms with Crippen LogP contribution in [0.5, 0.6) is 5.88 Å². The molecule has 5 heteroatoms. The third-order valence-corrected chi connectivity index (χ3v) is 3.52. The summed E-state index contributed by atoms with van der Waals surface area (Å²) < 4.78 is 7.40. The van der Waals surface area contributed by atoms with Crippen molar-refractivity contribution in [2.24, 2.45) is 0 Å². The van der Waals surface area contributed by atoms with Gasteiger partial charge >= 0.3 is 0 Å². The Kier molecular flexibility index (Phi) is 2.68. The summed E-state index contributed by atoms with van der Waals surface area (Å²) in [7, 11) is 1.67. The maximum absolute atomic E-state index is 6.18. The zero-order valence-corrected chi connectivity index (χ0v) is 10.4. The van der Waals surface area contributed by atoms with Gasteiger partial charge in [-0.1, -0.05) is 17.7 Å². The maximum Gasteiger partial charge on any atom is 0.199 e. The minimum absolute atomic E-state index is 0.409. The Labute approximate surface area is 105 Å². The van der Waals surface area contributed by atoms with Gasteiger partial charge in [-0.05, 0) is 25.1 Å². The van der Waals surface area contributed by atoms with Crippen LogP contribution in [0.1, 0.15) is 18.2 Å². The zero-order valence-electron chi connectivity index (χ0n) is 9.61. The molecule has 4 nitrogen and oxygen atoms in total. The van der Waals surface area contributed by atoms with Crippen LogP contribution in [-0.4, -0.2) is 29.6 Å². The number of hydrogen-bond acceptors (Lipinski definition) is 3. The summed E-state index contributed by atoms with van der Waals surface area (Å²) in [6, 6.07) is 5.82. The van der Waals surface area contributed by atoms with Crippen LogP contribution in [0.2, 0.25) is 5.15 Å². The molecule has 90 valence electrons. The molecule has 0 saturated carbocycles. The van der Waals surface area contributed by atoms with Crippen molar-refractivity contribution in [1.82, 2.24) is 14.7 Å². The first-order valence-corrected chi connectivity index (χ1v) is 6.10. The molecule has 3 heterocycles. The summed E-state index contributed by atoms with van der Waals surface area (Å²) in [5.41, 5.74) is 0.910. The summed E-state index contributed by atoms with van der Waals surface area (Å²) in [5.74, 6) is 2.18. The molecule has 17 heavy (non-hydrogen) atoms. The van der Waals surface area contributed by atoms with E-state index in [9.17, 15) is 0 Å². The van der Waals surface area contributed by atoms with Gasteiger partial charge < -0.3 is 10.1 Å². The Morgan fingerprint density at radius 2 is 2.41 bits per heavy atom. The number of nitrogens with one attached hydrogen (secondary N) is 1. The lowest BCUT2D eigenvalue weighted by molar-refractivity contribution is 0.388. The van der Waals surface area contributed by atoms with Gasteiger partial charge in [-0.15, -0.1) is 0 Å². The Morgan fingerprint density at radius 1 is 1.53 bits per heavy atom. The number of aromatic nitrogens is 2. The first-order valence-electron chi connectivity index (χ1n) is 5.73. The fourth-order valence-electron chi connectivity index (χ4n) is 2.40. The first kappa shape index (κ1) is 10.9. The molecule has 2 aromatic heterocycles. The lowest BCUT2D eigenvalue weighted by Crippen LogP contribution is -2.10. The minimum Gasteiger partial charge on any atom is -0.482 e. The number of imidazole rings is 1. The number of rotatable bonds is 2. The van der Waals surface area contributed by atoms with Gasteiger partial charge in [-0.25, -0.2) is 4.98 Å². The number of ether oxygens (including phenoxy) is 1. The van der Waals surface area contributed by atoms with Gasteiger partial charge in [-0.2, -0.15) is 0 Å². The summed E-state index contributed by atoms with van der Waals surface area (Å²) in [6.07, 6.45) is 1.09. The van der Waals surface area contributed by atoms with Crippen molar-refractivity contribution < 1.29 is 4.74 Å². The van der Waals surface area contributed by atoms with Gasteiger partial charge in [0, 0.05) is 12.5 Å². The number of nitrogens with zero attached hydrogens (tertiary/aromatic N) is 2. The van der Waals surface area contributed by atoms with E-state index in [2.05, 4.69) is 10.3 Å². The Morgan fingerprint density at radius 3 is 3.12 bits per heavy atom. The molecule has 0 amide bonds. The molecule has 0 radical (unpaired) electrons. The number of methoxy groups -OCH3 is 1. The van der Waals surface area contributed by atoms with Gasteiger partial charge in [0.1, 0.15) is 5.82 Å². The largest absolute Gasteiger partial charge is 0.482 e. The predicted octanol–water partition coefficient (Wildman–Crippen LogP) is 2.07. The van der Waals surface area contributed by atoms with Crippen molar-refractivity contribution in [1.29, 1.82) is 0 Å². The van der Waals surface area contributed by atoms with Crippen LogP contribution in [0, 0.1) is 0 Å². The Bertz CT molecular complexity index is 546. The molecule has 3 rings (SSSR count). The van der Waals surface area contributed by atoms with Crippen molar-refractivity contribution in [2.45, 2.75) is 12.3 Å². The van der Waals surface area contributed by atoms with Gasteiger partial charge in [-0.3, -0.25) is 4.40 Å². The average molecular weight is 252 g/mol. The number of halogens is 1. The molecule has 2 aromatic rings. The number of pyridine rings is 1. The normalized spacial score (nSPS) is 20.0. The molecule has 1 N–H and O–H groups in total. The van der Waals surface area contributed by atoms with E-state index in [-0.39, 0.29) is 0 Å². The van der Waals surface area contributed by atoms with Crippen molar-refractivity contribution in [3.63, 3.8) is 0 Å². The van der Waals surface area contributed by atoms with E-state index in [4.69, 9.17) is 16.3 Å². The number of fused-ring (bicyclic) bond motifs is 1. The van der Waals surface area contributed by atoms with E-state index >= 15 is 0 Å². The molecule has 1 unspecified atom stereocenters. The Hall–Kier alpha value is -1.26. The Balaban J connectivity index is 2.23. The lowest BCUT2D eigenvalue weighted by atomic mass is 10.1. The standard InChI is InChI=1S/C12H14ClN3O/c1-17-10-4-2-3-9-11(13)15-12(16(9)10)8-5-6-14-7-8/h2-4,8,14H,5-7H2,1H3. The van der Waals surface area contributed by atoms with E-state index in [0.717, 1.165) is 36.7 Å². The summed E-state index contributed by atoms with van der Waals surface area (Å²) >= 11 is 6.18. The first-order chi connectivity index (χ1) is 8.31.